The van der Waals surface area contributed by atoms with Gasteiger partial charge in [-0.1, -0.05) is 18.2 Å². The molecule has 0 fully saturated rings. The Morgan fingerprint density at radius 2 is 2.10 bits per heavy atom. The van der Waals surface area contributed by atoms with Gasteiger partial charge in [-0.2, -0.15) is 5.26 Å². The highest BCUT2D eigenvalue weighted by atomic mass is 32.2. The quantitative estimate of drug-likeness (QED) is 0.676. The van der Waals surface area contributed by atoms with Crippen LogP contribution in [0.1, 0.15) is 0 Å². The molecule has 0 saturated heterocycles. The average Bonchev–Trinajstić information content (AvgIpc) is 2.52. The van der Waals surface area contributed by atoms with Crippen molar-refractivity contribution in [1.82, 2.24) is 4.98 Å². The average molecular weight is 298 g/mol. The van der Waals surface area contributed by atoms with E-state index in [-0.39, 0.29) is 18.2 Å². The summed E-state index contributed by atoms with van der Waals surface area (Å²) >= 11 is 1.34. The number of carbonyl (C=O) groups is 1. The maximum absolute atomic E-state index is 12.3. The Labute approximate surface area is 127 Å². The van der Waals surface area contributed by atoms with Gasteiger partial charge in [-0.3, -0.25) is 14.7 Å². The van der Waals surface area contributed by atoms with Gasteiger partial charge in [-0.05, 0) is 18.2 Å². The molecule has 0 aliphatic heterocycles. The molecule has 0 saturated carbocycles. The van der Waals surface area contributed by atoms with Gasteiger partial charge in [0.2, 0.25) is 5.91 Å². The summed E-state index contributed by atoms with van der Waals surface area (Å²) in [7, 11) is 0. The van der Waals surface area contributed by atoms with Gasteiger partial charge in [0.15, 0.2) is 0 Å². The monoisotopic (exact) mass is 298 g/mol. The summed E-state index contributed by atoms with van der Waals surface area (Å²) < 4.78 is 0. The van der Waals surface area contributed by atoms with E-state index in [0.29, 0.717) is 11.4 Å². The SMILES string of the molecule is N#CCN(C(=O)CSc1ccncc1N)c1ccccc1. The lowest BCUT2D eigenvalue weighted by Crippen LogP contribution is -2.32. The maximum atomic E-state index is 12.3. The standard InChI is InChI=1S/C15H14N4OS/c16-7-9-19(12-4-2-1-3-5-12)15(20)11-21-14-6-8-18-10-13(14)17/h1-6,8,10H,9,11,17H2. The Morgan fingerprint density at radius 3 is 2.76 bits per heavy atom. The van der Waals surface area contributed by atoms with Crippen LogP contribution >= 0.6 is 11.8 Å². The molecule has 6 heteroatoms. The molecule has 21 heavy (non-hydrogen) atoms. The number of nitriles is 1. The summed E-state index contributed by atoms with van der Waals surface area (Å²) in [6.07, 6.45) is 3.18. The Kier molecular flexibility index (Phi) is 5.18. The van der Waals surface area contributed by atoms with Crippen LogP contribution in [0.15, 0.2) is 53.7 Å². The number of thioether (sulfide) groups is 1. The Hall–Kier alpha value is -2.52. The van der Waals surface area contributed by atoms with Crippen LogP contribution in [0.5, 0.6) is 0 Å². The highest BCUT2D eigenvalue weighted by molar-refractivity contribution is 8.00. The summed E-state index contributed by atoms with van der Waals surface area (Å²) in [6.45, 7) is 0.0230. The molecule has 1 amide bonds. The molecule has 0 spiro atoms. The lowest BCUT2D eigenvalue weighted by Gasteiger charge is -2.19. The first kappa shape index (κ1) is 14.9. The molecular formula is C15H14N4OS. The number of nitrogens with two attached hydrogens (primary N) is 1. The molecule has 0 unspecified atom stereocenters. The minimum atomic E-state index is -0.135. The predicted molar refractivity (Wildman–Crippen MR) is 83.8 cm³/mol. The zero-order chi connectivity index (χ0) is 15.1. The van der Waals surface area contributed by atoms with Crippen molar-refractivity contribution in [3.05, 3.63) is 48.8 Å². The van der Waals surface area contributed by atoms with Crippen LogP contribution < -0.4 is 10.6 Å². The molecule has 0 bridgehead atoms. The summed E-state index contributed by atoms with van der Waals surface area (Å²) in [6, 6.07) is 12.9. The van der Waals surface area contributed by atoms with Crippen LogP contribution in [0, 0.1) is 11.3 Å². The first-order valence-corrected chi connectivity index (χ1v) is 7.25. The third-order valence-electron chi connectivity index (χ3n) is 2.76. The van der Waals surface area contributed by atoms with Crippen molar-refractivity contribution in [2.24, 2.45) is 0 Å². The Morgan fingerprint density at radius 1 is 1.33 bits per heavy atom. The largest absolute Gasteiger partial charge is 0.397 e. The Bertz CT molecular complexity index is 654. The van der Waals surface area contributed by atoms with Crippen LogP contribution in [0.25, 0.3) is 0 Å². The van der Waals surface area contributed by atoms with Gasteiger partial charge in [0.25, 0.3) is 0 Å². The molecule has 2 aromatic rings. The number of hydrogen-bond acceptors (Lipinski definition) is 5. The molecule has 2 rings (SSSR count). The third-order valence-corrected chi connectivity index (χ3v) is 3.83. The first-order chi connectivity index (χ1) is 10.2. The number of carbonyl (C=O) groups excluding carboxylic acids is 1. The molecule has 106 valence electrons. The number of rotatable bonds is 5. The van der Waals surface area contributed by atoms with Crippen LogP contribution in [0.3, 0.4) is 0 Å². The molecular weight excluding hydrogens is 284 g/mol. The number of hydrogen-bond donors (Lipinski definition) is 1. The number of pyridine rings is 1. The van der Waals surface area contributed by atoms with E-state index in [9.17, 15) is 4.79 Å². The number of nitrogen functional groups attached to an aromatic ring is 1. The molecule has 0 aliphatic carbocycles. The van der Waals surface area contributed by atoms with Crippen molar-refractivity contribution in [3.8, 4) is 6.07 Å². The highest BCUT2D eigenvalue weighted by Crippen LogP contribution is 2.24. The van der Waals surface area contributed by atoms with E-state index in [1.807, 2.05) is 24.3 Å². The minimum Gasteiger partial charge on any atom is -0.397 e. The number of nitrogens with zero attached hydrogens (tertiary/aromatic N) is 3. The van der Waals surface area contributed by atoms with Crippen molar-refractivity contribution in [1.29, 1.82) is 5.26 Å². The molecule has 0 atom stereocenters. The van der Waals surface area contributed by atoms with Crippen LogP contribution in [-0.2, 0) is 4.79 Å². The number of para-hydroxylation sites is 1. The van der Waals surface area contributed by atoms with E-state index in [1.54, 1.807) is 30.6 Å². The topological polar surface area (TPSA) is 83.0 Å². The minimum absolute atomic E-state index is 0.0230. The first-order valence-electron chi connectivity index (χ1n) is 6.27. The smallest absolute Gasteiger partial charge is 0.238 e. The van der Waals surface area contributed by atoms with Crippen molar-refractivity contribution in [2.75, 3.05) is 22.9 Å². The Balaban J connectivity index is 2.07. The summed E-state index contributed by atoms with van der Waals surface area (Å²) in [5.41, 5.74) is 7.05. The van der Waals surface area contributed by atoms with Gasteiger partial charge < -0.3 is 5.73 Å². The highest BCUT2D eigenvalue weighted by Gasteiger charge is 2.15. The second kappa shape index (κ2) is 7.31. The number of benzene rings is 1. The van der Waals surface area contributed by atoms with Gasteiger partial charge >= 0.3 is 0 Å². The van der Waals surface area contributed by atoms with E-state index in [1.165, 1.54) is 16.7 Å². The van der Waals surface area contributed by atoms with Gasteiger partial charge in [0.05, 0.1) is 23.7 Å². The zero-order valence-electron chi connectivity index (χ0n) is 11.3. The normalized spacial score (nSPS) is 9.86. The van der Waals surface area contributed by atoms with Gasteiger partial charge in [0, 0.05) is 16.8 Å². The lowest BCUT2D eigenvalue weighted by molar-refractivity contribution is -0.116. The fraction of sp³-hybridized carbons (Fsp3) is 0.133. The van der Waals surface area contributed by atoms with Gasteiger partial charge in [-0.15, -0.1) is 11.8 Å². The summed E-state index contributed by atoms with van der Waals surface area (Å²) in [5, 5.41) is 8.90. The second-order valence-corrected chi connectivity index (χ2v) is 5.19. The van der Waals surface area contributed by atoms with Crippen LogP contribution in [-0.4, -0.2) is 23.2 Å². The number of anilines is 2. The van der Waals surface area contributed by atoms with E-state index >= 15 is 0 Å². The van der Waals surface area contributed by atoms with E-state index in [0.717, 1.165) is 4.90 Å². The van der Waals surface area contributed by atoms with Gasteiger partial charge in [0.1, 0.15) is 6.54 Å². The van der Waals surface area contributed by atoms with E-state index in [2.05, 4.69) is 4.98 Å². The molecule has 0 radical (unpaired) electrons. The van der Waals surface area contributed by atoms with Crippen molar-refractivity contribution in [3.63, 3.8) is 0 Å². The third kappa shape index (κ3) is 3.97. The van der Waals surface area contributed by atoms with Crippen molar-refractivity contribution >= 4 is 29.0 Å². The second-order valence-electron chi connectivity index (χ2n) is 4.18. The van der Waals surface area contributed by atoms with Crippen molar-refractivity contribution < 1.29 is 4.79 Å². The number of aromatic nitrogens is 1. The molecule has 5 nitrogen and oxygen atoms in total. The number of amides is 1. The van der Waals surface area contributed by atoms with Gasteiger partial charge in [-0.25, -0.2) is 0 Å². The zero-order valence-corrected chi connectivity index (χ0v) is 12.1. The predicted octanol–water partition coefficient (Wildman–Crippen LogP) is 2.31. The van der Waals surface area contributed by atoms with E-state index in [4.69, 9.17) is 11.0 Å². The molecule has 2 N–H and O–H groups in total. The fourth-order valence-corrected chi connectivity index (χ4v) is 2.56. The molecule has 1 heterocycles. The summed E-state index contributed by atoms with van der Waals surface area (Å²) in [5.74, 6) is 0.0779. The molecule has 1 aromatic carbocycles. The van der Waals surface area contributed by atoms with E-state index < -0.39 is 0 Å². The maximum Gasteiger partial charge on any atom is 0.238 e. The molecule has 0 aliphatic rings. The van der Waals surface area contributed by atoms with Crippen LogP contribution in [0.4, 0.5) is 11.4 Å². The molecule has 1 aromatic heterocycles. The van der Waals surface area contributed by atoms with Crippen molar-refractivity contribution in [2.45, 2.75) is 4.90 Å². The summed E-state index contributed by atoms with van der Waals surface area (Å²) in [4.78, 5) is 18.5. The van der Waals surface area contributed by atoms with Crippen LogP contribution in [0.2, 0.25) is 0 Å². The fourth-order valence-electron chi connectivity index (χ4n) is 1.74. The lowest BCUT2D eigenvalue weighted by atomic mass is 10.3.